The van der Waals surface area contributed by atoms with Gasteiger partial charge in [0.25, 0.3) is 5.56 Å². The average molecular weight is 444 g/mol. The zero-order chi connectivity index (χ0) is 21.9. The molecule has 0 amide bonds. The minimum absolute atomic E-state index is 0.253. The maximum Gasteiger partial charge on any atom is 0.269 e. The molecule has 5 aromatic rings. The van der Waals surface area contributed by atoms with Gasteiger partial charge in [-0.2, -0.15) is 5.10 Å². The molecule has 0 unspecified atom stereocenters. The smallest absolute Gasteiger partial charge is 0.269 e. The number of fused-ring (bicyclic) bond motifs is 1. The van der Waals surface area contributed by atoms with Gasteiger partial charge < -0.3 is 4.74 Å². The van der Waals surface area contributed by atoms with Gasteiger partial charge in [-0.1, -0.05) is 48.2 Å². The van der Waals surface area contributed by atoms with Crippen molar-refractivity contribution in [3.63, 3.8) is 0 Å². The summed E-state index contributed by atoms with van der Waals surface area (Å²) in [5, 5.41) is 7.50. The number of benzene rings is 3. The number of nitrogens with zero attached hydrogens (tertiary/aromatic N) is 3. The van der Waals surface area contributed by atoms with E-state index in [9.17, 15) is 9.18 Å². The number of nitrogens with one attached hydrogen (secondary N) is 1. The molecular weight excluding hydrogens is 427 g/mol. The van der Waals surface area contributed by atoms with Gasteiger partial charge in [0.05, 0.1) is 11.9 Å². The average Bonchev–Trinajstić information content (AvgIpc) is 3.29. The number of rotatable bonds is 6. The molecule has 0 aliphatic rings. The third kappa shape index (κ3) is 4.00. The summed E-state index contributed by atoms with van der Waals surface area (Å²) in [5.74, 6) is 1.40. The molecule has 3 aromatic carbocycles. The lowest BCUT2D eigenvalue weighted by molar-refractivity contribution is 0.482. The van der Waals surface area contributed by atoms with Crippen LogP contribution in [0.4, 0.5) is 4.39 Å². The highest BCUT2D eigenvalue weighted by molar-refractivity contribution is 7.98. The molecule has 0 fully saturated rings. The third-order valence-electron chi connectivity index (χ3n) is 4.84. The molecule has 2 aromatic heterocycles. The molecule has 0 radical (unpaired) electrons. The lowest BCUT2D eigenvalue weighted by atomic mass is 10.2. The van der Waals surface area contributed by atoms with E-state index in [1.807, 2.05) is 30.3 Å². The van der Waals surface area contributed by atoms with Gasteiger partial charge in [0.2, 0.25) is 0 Å². The van der Waals surface area contributed by atoms with Crippen molar-refractivity contribution < 1.29 is 9.13 Å². The molecule has 0 saturated carbocycles. The van der Waals surface area contributed by atoms with Crippen LogP contribution >= 0.6 is 11.8 Å². The first kappa shape index (κ1) is 20.0. The summed E-state index contributed by atoms with van der Waals surface area (Å²) in [4.78, 5) is 17.8. The lowest BCUT2D eigenvalue weighted by Gasteiger charge is -2.13. The van der Waals surface area contributed by atoms with Crippen molar-refractivity contribution in [2.75, 3.05) is 0 Å². The molecule has 0 bridgehead atoms. The van der Waals surface area contributed by atoms with Crippen molar-refractivity contribution in [1.82, 2.24) is 19.7 Å². The molecule has 32 heavy (non-hydrogen) atoms. The van der Waals surface area contributed by atoms with Crippen LogP contribution in [0, 0.1) is 5.82 Å². The van der Waals surface area contributed by atoms with Gasteiger partial charge in [-0.3, -0.25) is 14.5 Å². The number of aromatic amines is 1. The molecule has 6 nitrogen and oxygen atoms in total. The quantitative estimate of drug-likeness (QED) is 0.283. The number of para-hydroxylation sites is 1. The van der Waals surface area contributed by atoms with Gasteiger partial charge in [-0.15, -0.1) is 0 Å². The standard InChI is InChI=1S/C24H17FN4O2S/c25-21-9-5-4-6-16(21)15-32-24-27-22-20(14-26-28-22)23(30)29(24)17-10-12-19(13-11-17)31-18-7-2-1-3-8-18/h1-14H,15H2,(H,26,28). The predicted octanol–water partition coefficient (Wildman–Crippen LogP) is 5.33. The van der Waals surface area contributed by atoms with Crippen molar-refractivity contribution in [1.29, 1.82) is 0 Å². The van der Waals surface area contributed by atoms with Crippen molar-refractivity contribution in [3.05, 3.63) is 107 Å². The van der Waals surface area contributed by atoms with Crippen LogP contribution in [0.2, 0.25) is 0 Å². The SMILES string of the molecule is O=c1c2cn[nH]c2nc(SCc2ccccc2F)n1-c1ccc(Oc2ccccc2)cc1. The lowest BCUT2D eigenvalue weighted by Crippen LogP contribution is -2.21. The first-order valence-corrected chi connectivity index (χ1v) is 10.8. The zero-order valence-electron chi connectivity index (χ0n) is 16.7. The maximum atomic E-state index is 14.1. The van der Waals surface area contributed by atoms with Gasteiger partial charge in [0.15, 0.2) is 10.8 Å². The fourth-order valence-electron chi connectivity index (χ4n) is 3.24. The van der Waals surface area contributed by atoms with Crippen molar-refractivity contribution in [2.45, 2.75) is 10.9 Å². The highest BCUT2D eigenvalue weighted by Gasteiger charge is 2.15. The molecule has 158 valence electrons. The highest BCUT2D eigenvalue weighted by Crippen LogP contribution is 2.27. The van der Waals surface area contributed by atoms with Gasteiger partial charge >= 0.3 is 0 Å². The van der Waals surface area contributed by atoms with Crippen LogP contribution in [-0.4, -0.2) is 19.7 Å². The monoisotopic (exact) mass is 444 g/mol. The van der Waals surface area contributed by atoms with Crippen LogP contribution in [0.25, 0.3) is 16.7 Å². The summed E-state index contributed by atoms with van der Waals surface area (Å²) >= 11 is 1.28. The fourth-order valence-corrected chi connectivity index (χ4v) is 4.24. The van der Waals surface area contributed by atoms with E-state index in [-0.39, 0.29) is 11.4 Å². The van der Waals surface area contributed by atoms with Gasteiger partial charge in [0, 0.05) is 5.75 Å². The largest absolute Gasteiger partial charge is 0.457 e. The summed E-state index contributed by atoms with van der Waals surface area (Å²) in [6, 6.07) is 23.2. The van der Waals surface area contributed by atoms with Crippen LogP contribution in [0.3, 0.4) is 0 Å². The second kappa shape index (κ2) is 8.68. The van der Waals surface area contributed by atoms with E-state index in [2.05, 4.69) is 15.2 Å². The number of hydrogen-bond acceptors (Lipinski definition) is 5. The second-order valence-corrected chi connectivity index (χ2v) is 7.90. The van der Waals surface area contributed by atoms with Crippen LogP contribution in [0.5, 0.6) is 11.5 Å². The third-order valence-corrected chi connectivity index (χ3v) is 5.83. The Morgan fingerprint density at radius 1 is 0.938 bits per heavy atom. The summed E-state index contributed by atoms with van der Waals surface area (Å²) < 4.78 is 21.4. The number of aromatic nitrogens is 4. The number of halogens is 1. The molecule has 0 spiro atoms. The van der Waals surface area contributed by atoms with E-state index in [1.165, 1.54) is 28.6 Å². The van der Waals surface area contributed by atoms with Crippen LogP contribution < -0.4 is 10.3 Å². The number of thioether (sulfide) groups is 1. The van der Waals surface area contributed by atoms with Gasteiger partial charge in [-0.05, 0) is 48.0 Å². The molecule has 2 heterocycles. The Morgan fingerprint density at radius 2 is 1.66 bits per heavy atom. The minimum atomic E-state index is -0.293. The Labute approximate surface area is 186 Å². The highest BCUT2D eigenvalue weighted by atomic mass is 32.2. The van der Waals surface area contributed by atoms with E-state index in [1.54, 1.807) is 42.5 Å². The maximum absolute atomic E-state index is 14.1. The van der Waals surface area contributed by atoms with Crippen molar-refractivity contribution in [3.8, 4) is 17.2 Å². The summed E-state index contributed by atoms with van der Waals surface area (Å²) in [6.07, 6.45) is 1.46. The second-order valence-electron chi connectivity index (χ2n) is 6.96. The molecule has 1 N–H and O–H groups in total. The van der Waals surface area contributed by atoms with Crippen LogP contribution in [0.1, 0.15) is 5.56 Å². The molecule has 8 heteroatoms. The Hall–Kier alpha value is -3.91. The number of H-pyrrole nitrogens is 1. The van der Waals surface area contributed by atoms with E-state index >= 15 is 0 Å². The molecule has 0 aliphatic heterocycles. The van der Waals surface area contributed by atoms with E-state index in [4.69, 9.17) is 4.74 Å². The van der Waals surface area contributed by atoms with Crippen LogP contribution in [0.15, 0.2) is 95.0 Å². The molecule has 5 rings (SSSR count). The Morgan fingerprint density at radius 3 is 2.44 bits per heavy atom. The summed E-state index contributed by atoms with van der Waals surface area (Å²) in [7, 11) is 0. The molecule has 0 aliphatic carbocycles. The van der Waals surface area contributed by atoms with Crippen LogP contribution in [-0.2, 0) is 5.75 Å². The van der Waals surface area contributed by atoms with Crippen molar-refractivity contribution in [2.24, 2.45) is 0 Å². The first-order valence-electron chi connectivity index (χ1n) is 9.85. The van der Waals surface area contributed by atoms with E-state index < -0.39 is 0 Å². The van der Waals surface area contributed by atoms with E-state index in [0.29, 0.717) is 38.9 Å². The Bertz CT molecular complexity index is 1430. The first-order chi connectivity index (χ1) is 15.7. The van der Waals surface area contributed by atoms with E-state index in [0.717, 1.165) is 5.75 Å². The Balaban J connectivity index is 1.50. The fraction of sp³-hybridized carbons (Fsp3) is 0.0417. The Kier molecular flexibility index (Phi) is 5.43. The zero-order valence-corrected chi connectivity index (χ0v) is 17.6. The normalized spacial score (nSPS) is 11.0. The molecular formula is C24H17FN4O2S. The van der Waals surface area contributed by atoms with Crippen molar-refractivity contribution >= 4 is 22.8 Å². The molecule has 0 atom stereocenters. The minimum Gasteiger partial charge on any atom is -0.457 e. The topological polar surface area (TPSA) is 72.8 Å². The summed E-state index contributed by atoms with van der Waals surface area (Å²) in [5.41, 5.74) is 1.31. The van der Waals surface area contributed by atoms with Gasteiger partial charge in [-0.25, -0.2) is 9.37 Å². The van der Waals surface area contributed by atoms with Gasteiger partial charge in [0.1, 0.15) is 22.7 Å². The number of ether oxygens (including phenoxy) is 1. The number of hydrogen-bond donors (Lipinski definition) is 1. The summed E-state index contributed by atoms with van der Waals surface area (Å²) in [6.45, 7) is 0. The molecule has 0 saturated heterocycles. The predicted molar refractivity (Wildman–Crippen MR) is 122 cm³/mol.